The summed E-state index contributed by atoms with van der Waals surface area (Å²) in [7, 11) is 0. The van der Waals surface area contributed by atoms with Crippen molar-refractivity contribution < 1.29 is 4.39 Å². The quantitative estimate of drug-likeness (QED) is 0.894. The number of nitrogens with zero attached hydrogens (tertiary/aromatic N) is 1. The van der Waals surface area contributed by atoms with Gasteiger partial charge in [-0.15, -0.1) is 0 Å². The highest BCUT2D eigenvalue weighted by Crippen LogP contribution is 2.31. The number of nitrogens with one attached hydrogen (secondary N) is 1. The molecule has 0 spiro atoms. The molecule has 1 aromatic rings. The summed E-state index contributed by atoms with van der Waals surface area (Å²) in [6, 6.07) is 5.79. The largest absolute Gasteiger partial charge is 0.312 e. The molecule has 1 aromatic carbocycles. The predicted octanol–water partition coefficient (Wildman–Crippen LogP) is 3.16. The highest BCUT2D eigenvalue weighted by Gasteiger charge is 2.33. The molecule has 1 saturated carbocycles. The van der Waals surface area contributed by atoms with Gasteiger partial charge in [-0.3, -0.25) is 0 Å². The zero-order valence-corrected chi connectivity index (χ0v) is 12.6. The highest BCUT2D eigenvalue weighted by atomic mass is 79.9. The van der Waals surface area contributed by atoms with E-state index in [1.165, 1.54) is 44.5 Å². The van der Waals surface area contributed by atoms with E-state index in [1.807, 2.05) is 6.07 Å². The highest BCUT2D eigenvalue weighted by molar-refractivity contribution is 9.10. The van der Waals surface area contributed by atoms with Gasteiger partial charge in [-0.2, -0.15) is 0 Å². The van der Waals surface area contributed by atoms with E-state index in [4.69, 9.17) is 0 Å². The number of halogens is 2. The molecule has 2 fully saturated rings. The van der Waals surface area contributed by atoms with Gasteiger partial charge in [0.2, 0.25) is 0 Å². The first-order chi connectivity index (χ1) is 9.22. The summed E-state index contributed by atoms with van der Waals surface area (Å²) in [6.45, 7) is 4.40. The Hall–Kier alpha value is -0.450. The molecule has 0 aromatic heterocycles. The van der Waals surface area contributed by atoms with Crippen LogP contribution in [0.5, 0.6) is 0 Å². The van der Waals surface area contributed by atoms with Crippen LogP contribution in [-0.4, -0.2) is 30.6 Å². The predicted molar refractivity (Wildman–Crippen MR) is 78.5 cm³/mol. The van der Waals surface area contributed by atoms with Gasteiger partial charge in [-0.25, -0.2) is 4.39 Å². The van der Waals surface area contributed by atoms with E-state index in [0.29, 0.717) is 0 Å². The minimum Gasteiger partial charge on any atom is -0.312 e. The number of likely N-dealkylation sites (tertiary alicyclic amines) is 1. The van der Waals surface area contributed by atoms with E-state index in [2.05, 4.69) is 26.1 Å². The third-order valence-electron chi connectivity index (χ3n) is 4.14. The summed E-state index contributed by atoms with van der Waals surface area (Å²) in [5, 5.41) is 3.50. The lowest BCUT2D eigenvalue weighted by atomic mass is 10.1. The molecule has 1 aliphatic heterocycles. The molecule has 1 N–H and O–H groups in total. The lowest BCUT2D eigenvalue weighted by molar-refractivity contribution is 0.312. The third kappa shape index (κ3) is 3.56. The second kappa shape index (κ2) is 5.90. The maximum absolute atomic E-state index is 13.0. The van der Waals surface area contributed by atoms with Crippen molar-refractivity contribution in [2.24, 2.45) is 5.92 Å². The SMILES string of the molecule is Fc1ccc(CNCC2CCN(C3CC3)C2)c(Br)c1. The van der Waals surface area contributed by atoms with Gasteiger partial charge in [0.05, 0.1) is 0 Å². The van der Waals surface area contributed by atoms with Crippen LogP contribution in [0.4, 0.5) is 4.39 Å². The Balaban J connectivity index is 1.43. The molecule has 104 valence electrons. The fourth-order valence-electron chi connectivity index (χ4n) is 2.88. The Morgan fingerprint density at radius 2 is 2.16 bits per heavy atom. The van der Waals surface area contributed by atoms with Gasteiger partial charge in [-0.05, 0) is 56.0 Å². The lowest BCUT2D eigenvalue weighted by Gasteiger charge is -2.15. The van der Waals surface area contributed by atoms with Crippen LogP contribution < -0.4 is 5.32 Å². The van der Waals surface area contributed by atoms with E-state index < -0.39 is 0 Å². The maximum atomic E-state index is 13.0. The van der Waals surface area contributed by atoms with Crippen molar-refractivity contribution in [1.29, 1.82) is 0 Å². The summed E-state index contributed by atoms with van der Waals surface area (Å²) in [5.74, 6) is 0.589. The van der Waals surface area contributed by atoms with Gasteiger partial charge in [-0.1, -0.05) is 22.0 Å². The second-order valence-electron chi connectivity index (χ2n) is 5.75. The average molecular weight is 327 g/mol. The average Bonchev–Trinajstić information content (AvgIpc) is 3.13. The van der Waals surface area contributed by atoms with Crippen molar-refractivity contribution in [1.82, 2.24) is 10.2 Å². The molecular formula is C15H20BrFN2. The van der Waals surface area contributed by atoms with Crippen LogP contribution in [0.3, 0.4) is 0 Å². The van der Waals surface area contributed by atoms with Crippen LogP contribution in [0.2, 0.25) is 0 Å². The Morgan fingerprint density at radius 1 is 1.32 bits per heavy atom. The van der Waals surface area contributed by atoms with Crippen LogP contribution in [0.15, 0.2) is 22.7 Å². The van der Waals surface area contributed by atoms with Gasteiger partial charge in [0.25, 0.3) is 0 Å². The fraction of sp³-hybridized carbons (Fsp3) is 0.600. The van der Waals surface area contributed by atoms with E-state index in [1.54, 1.807) is 0 Å². The van der Waals surface area contributed by atoms with Crippen LogP contribution in [0.1, 0.15) is 24.8 Å². The molecule has 2 aliphatic rings. The molecule has 0 radical (unpaired) electrons. The summed E-state index contributed by atoms with van der Waals surface area (Å²) in [4.78, 5) is 2.64. The molecular weight excluding hydrogens is 307 g/mol. The van der Waals surface area contributed by atoms with Crippen LogP contribution in [-0.2, 0) is 6.54 Å². The van der Waals surface area contributed by atoms with Crippen molar-refractivity contribution in [3.63, 3.8) is 0 Å². The maximum Gasteiger partial charge on any atom is 0.124 e. The number of hydrogen-bond acceptors (Lipinski definition) is 2. The molecule has 1 atom stereocenters. The Kier molecular flexibility index (Phi) is 4.20. The standard InChI is InChI=1S/C15H20BrFN2/c16-15-7-13(17)2-1-12(15)9-18-8-11-5-6-19(10-11)14-3-4-14/h1-2,7,11,14,18H,3-6,8-10H2. The van der Waals surface area contributed by atoms with Crippen molar-refractivity contribution >= 4 is 15.9 Å². The molecule has 2 nitrogen and oxygen atoms in total. The Bertz CT molecular complexity index is 448. The minimum absolute atomic E-state index is 0.188. The Labute approximate surface area is 122 Å². The zero-order chi connectivity index (χ0) is 13.2. The molecule has 1 heterocycles. The van der Waals surface area contributed by atoms with Gasteiger partial charge in [0, 0.05) is 23.6 Å². The smallest absolute Gasteiger partial charge is 0.124 e. The minimum atomic E-state index is -0.188. The summed E-state index contributed by atoms with van der Waals surface area (Å²) < 4.78 is 13.8. The van der Waals surface area contributed by atoms with Crippen LogP contribution in [0.25, 0.3) is 0 Å². The normalized spacial score (nSPS) is 24.0. The molecule has 0 amide bonds. The van der Waals surface area contributed by atoms with E-state index >= 15 is 0 Å². The molecule has 4 heteroatoms. The zero-order valence-electron chi connectivity index (χ0n) is 11.0. The Morgan fingerprint density at radius 3 is 2.89 bits per heavy atom. The summed E-state index contributed by atoms with van der Waals surface area (Å²) in [6.07, 6.45) is 4.12. The van der Waals surface area contributed by atoms with E-state index in [-0.39, 0.29) is 5.82 Å². The van der Waals surface area contributed by atoms with Crippen LogP contribution in [0, 0.1) is 11.7 Å². The summed E-state index contributed by atoms with van der Waals surface area (Å²) >= 11 is 3.41. The number of hydrogen-bond donors (Lipinski definition) is 1. The molecule has 1 saturated heterocycles. The van der Waals surface area contributed by atoms with E-state index in [9.17, 15) is 4.39 Å². The molecule has 1 unspecified atom stereocenters. The lowest BCUT2D eigenvalue weighted by Crippen LogP contribution is -2.27. The first-order valence-corrected chi connectivity index (χ1v) is 7.90. The first kappa shape index (κ1) is 13.5. The topological polar surface area (TPSA) is 15.3 Å². The van der Waals surface area contributed by atoms with Gasteiger partial charge in [0.1, 0.15) is 5.82 Å². The summed E-state index contributed by atoms with van der Waals surface area (Å²) in [5.41, 5.74) is 1.12. The monoisotopic (exact) mass is 326 g/mol. The van der Waals surface area contributed by atoms with Crippen LogP contribution >= 0.6 is 15.9 Å². The van der Waals surface area contributed by atoms with Gasteiger partial charge < -0.3 is 10.2 Å². The molecule has 3 rings (SSSR count). The molecule has 1 aliphatic carbocycles. The molecule has 0 bridgehead atoms. The van der Waals surface area contributed by atoms with E-state index in [0.717, 1.165) is 35.1 Å². The van der Waals surface area contributed by atoms with Crippen molar-refractivity contribution in [3.8, 4) is 0 Å². The van der Waals surface area contributed by atoms with Crippen molar-refractivity contribution in [2.45, 2.75) is 31.8 Å². The third-order valence-corrected chi connectivity index (χ3v) is 4.88. The fourth-order valence-corrected chi connectivity index (χ4v) is 3.37. The second-order valence-corrected chi connectivity index (χ2v) is 6.60. The molecule has 19 heavy (non-hydrogen) atoms. The van der Waals surface area contributed by atoms with Gasteiger partial charge >= 0.3 is 0 Å². The van der Waals surface area contributed by atoms with Gasteiger partial charge in [0.15, 0.2) is 0 Å². The number of rotatable bonds is 5. The first-order valence-electron chi connectivity index (χ1n) is 7.11. The van der Waals surface area contributed by atoms with Crippen molar-refractivity contribution in [2.75, 3.05) is 19.6 Å². The van der Waals surface area contributed by atoms with Crippen molar-refractivity contribution in [3.05, 3.63) is 34.1 Å². The number of benzene rings is 1.